The fourth-order valence-corrected chi connectivity index (χ4v) is 5.18. The van der Waals surface area contributed by atoms with Gasteiger partial charge in [-0.25, -0.2) is 0 Å². The maximum absolute atomic E-state index is 13.7. The topological polar surface area (TPSA) is 59.1 Å². The van der Waals surface area contributed by atoms with Crippen molar-refractivity contribution in [3.05, 3.63) is 82.6 Å². The summed E-state index contributed by atoms with van der Waals surface area (Å²) >= 11 is 1.46. The number of likely N-dealkylation sites (tertiary alicyclic amines) is 1. The summed E-state index contributed by atoms with van der Waals surface area (Å²) in [4.78, 5) is 30.9. The van der Waals surface area contributed by atoms with Crippen molar-refractivity contribution >= 4 is 34.9 Å². The zero-order valence-electron chi connectivity index (χ0n) is 19.5. The first-order valence-electron chi connectivity index (χ1n) is 11.9. The van der Waals surface area contributed by atoms with Gasteiger partial charge in [0.25, 0.3) is 5.91 Å². The van der Waals surface area contributed by atoms with Crippen molar-refractivity contribution in [3.63, 3.8) is 0 Å². The van der Waals surface area contributed by atoms with Gasteiger partial charge in [0, 0.05) is 37.3 Å². The molecule has 0 saturated carbocycles. The first kappa shape index (κ1) is 23.2. The minimum Gasteiger partial charge on any atom is -0.486 e. The Bertz CT molecular complexity index is 1180. The molecule has 2 aliphatic heterocycles. The van der Waals surface area contributed by atoms with Gasteiger partial charge in [0.15, 0.2) is 11.5 Å². The van der Waals surface area contributed by atoms with E-state index in [1.165, 1.54) is 11.3 Å². The molecule has 0 spiro atoms. The van der Waals surface area contributed by atoms with Gasteiger partial charge in [-0.3, -0.25) is 9.59 Å². The molecule has 0 radical (unpaired) electrons. The Morgan fingerprint density at radius 2 is 1.74 bits per heavy atom. The molecule has 180 valence electrons. The van der Waals surface area contributed by atoms with Crippen LogP contribution in [-0.4, -0.2) is 49.6 Å². The molecular formula is C28H28N2O4S. The lowest BCUT2D eigenvalue weighted by Gasteiger charge is -2.34. The second kappa shape index (κ2) is 10.8. The van der Waals surface area contributed by atoms with Gasteiger partial charge < -0.3 is 19.3 Å². The van der Waals surface area contributed by atoms with Crippen molar-refractivity contribution in [1.29, 1.82) is 0 Å². The summed E-state index contributed by atoms with van der Waals surface area (Å²) in [6.45, 7) is 2.64. The van der Waals surface area contributed by atoms with Crippen LogP contribution in [0, 0.1) is 5.92 Å². The number of benzene rings is 2. The first-order chi connectivity index (χ1) is 17.2. The van der Waals surface area contributed by atoms with Crippen LogP contribution >= 0.6 is 11.3 Å². The van der Waals surface area contributed by atoms with Gasteiger partial charge in [-0.1, -0.05) is 48.6 Å². The van der Waals surface area contributed by atoms with E-state index in [0.717, 1.165) is 16.1 Å². The number of hydrogen-bond donors (Lipinski definition) is 0. The number of anilines is 1. The molecule has 3 aromatic rings. The lowest BCUT2D eigenvalue weighted by Crippen LogP contribution is -2.44. The maximum atomic E-state index is 13.7. The summed E-state index contributed by atoms with van der Waals surface area (Å²) < 4.78 is 11.4. The Labute approximate surface area is 209 Å². The summed E-state index contributed by atoms with van der Waals surface area (Å²) in [5, 5.41) is 1.91. The highest BCUT2D eigenvalue weighted by Crippen LogP contribution is 2.35. The Kier molecular flexibility index (Phi) is 7.14. The van der Waals surface area contributed by atoms with Crippen LogP contribution in [0.25, 0.3) is 6.08 Å². The zero-order chi connectivity index (χ0) is 24.0. The summed E-state index contributed by atoms with van der Waals surface area (Å²) in [7, 11) is 0. The SMILES string of the molecule is O=C(c1cccs1)N1CCC(C(=O)N(C/C=C/c2ccccc2)c2ccc3c(c2)OCCO3)CC1. The highest BCUT2D eigenvalue weighted by atomic mass is 32.1. The Morgan fingerprint density at radius 1 is 0.971 bits per heavy atom. The number of piperidine rings is 1. The normalized spacial score (nSPS) is 15.8. The van der Waals surface area contributed by atoms with E-state index in [1.807, 2.05) is 88.0 Å². The Morgan fingerprint density at radius 3 is 2.49 bits per heavy atom. The van der Waals surface area contributed by atoms with Crippen molar-refractivity contribution in [1.82, 2.24) is 4.90 Å². The van der Waals surface area contributed by atoms with Crippen molar-refractivity contribution in [3.8, 4) is 11.5 Å². The number of hydrogen-bond acceptors (Lipinski definition) is 5. The van der Waals surface area contributed by atoms with Gasteiger partial charge in [0.2, 0.25) is 5.91 Å². The molecule has 2 aromatic carbocycles. The number of thiophene rings is 1. The number of ether oxygens (including phenoxy) is 2. The summed E-state index contributed by atoms with van der Waals surface area (Å²) in [5.74, 6) is 1.35. The van der Waals surface area contributed by atoms with E-state index in [9.17, 15) is 9.59 Å². The lowest BCUT2D eigenvalue weighted by atomic mass is 9.94. The average Bonchev–Trinajstić information content (AvgIpc) is 3.46. The van der Waals surface area contributed by atoms with E-state index < -0.39 is 0 Å². The Balaban J connectivity index is 1.32. The molecule has 7 heteroatoms. The van der Waals surface area contributed by atoms with Crippen LogP contribution in [0.15, 0.2) is 72.1 Å². The van der Waals surface area contributed by atoms with E-state index in [2.05, 4.69) is 0 Å². The third kappa shape index (κ3) is 5.41. The fraction of sp³-hybridized carbons (Fsp3) is 0.286. The molecule has 5 rings (SSSR count). The predicted molar refractivity (Wildman–Crippen MR) is 138 cm³/mol. The second-order valence-corrected chi connectivity index (χ2v) is 9.58. The largest absolute Gasteiger partial charge is 0.486 e. The van der Waals surface area contributed by atoms with Crippen LogP contribution in [0.1, 0.15) is 28.1 Å². The molecule has 35 heavy (non-hydrogen) atoms. The van der Waals surface area contributed by atoms with Crippen LogP contribution < -0.4 is 14.4 Å². The Hall–Kier alpha value is -3.58. The van der Waals surface area contributed by atoms with Gasteiger partial charge in [0.05, 0.1) is 4.88 Å². The average molecular weight is 489 g/mol. The van der Waals surface area contributed by atoms with Crippen LogP contribution in [-0.2, 0) is 4.79 Å². The van der Waals surface area contributed by atoms with Gasteiger partial charge >= 0.3 is 0 Å². The standard InChI is InChI=1S/C28H28N2O4S/c31-27(22-12-15-29(16-13-22)28(32)26-9-5-19-35-26)30(14-4-8-21-6-2-1-3-7-21)23-10-11-24-25(20-23)34-18-17-33-24/h1-11,19-20,22H,12-18H2/b8-4+. The predicted octanol–water partition coefficient (Wildman–Crippen LogP) is 5.12. The quantitative estimate of drug-likeness (QED) is 0.483. The molecule has 0 unspecified atom stereocenters. The third-order valence-electron chi connectivity index (χ3n) is 6.36. The minimum absolute atomic E-state index is 0.0559. The van der Waals surface area contributed by atoms with Crippen LogP contribution in [0.5, 0.6) is 11.5 Å². The zero-order valence-corrected chi connectivity index (χ0v) is 20.3. The molecule has 0 bridgehead atoms. The van der Waals surface area contributed by atoms with Crippen molar-refractivity contribution < 1.29 is 19.1 Å². The van der Waals surface area contributed by atoms with Crippen molar-refractivity contribution in [2.75, 3.05) is 37.7 Å². The van der Waals surface area contributed by atoms with Gasteiger partial charge in [-0.2, -0.15) is 0 Å². The van der Waals surface area contributed by atoms with Gasteiger partial charge in [-0.15, -0.1) is 11.3 Å². The minimum atomic E-state index is -0.138. The molecule has 6 nitrogen and oxygen atoms in total. The van der Waals surface area contributed by atoms with E-state index in [1.54, 1.807) is 0 Å². The van der Waals surface area contributed by atoms with E-state index in [4.69, 9.17) is 9.47 Å². The third-order valence-corrected chi connectivity index (χ3v) is 7.22. The molecule has 0 aliphatic carbocycles. The van der Waals surface area contributed by atoms with Gasteiger partial charge in [-0.05, 0) is 42.0 Å². The second-order valence-electron chi connectivity index (χ2n) is 8.63. The summed E-state index contributed by atoms with van der Waals surface area (Å²) in [6, 6.07) is 19.5. The molecule has 1 saturated heterocycles. The molecule has 3 heterocycles. The first-order valence-corrected chi connectivity index (χ1v) is 12.8. The highest BCUT2D eigenvalue weighted by molar-refractivity contribution is 7.12. The number of amides is 2. The number of nitrogens with zero attached hydrogens (tertiary/aromatic N) is 2. The highest BCUT2D eigenvalue weighted by Gasteiger charge is 2.31. The molecular weight excluding hydrogens is 460 g/mol. The smallest absolute Gasteiger partial charge is 0.263 e. The fourth-order valence-electron chi connectivity index (χ4n) is 4.49. The molecule has 2 aliphatic rings. The molecule has 2 amide bonds. The molecule has 0 atom stereocenters. The molecule has 1 fully saturated rings. The molecule has 1 aromatic heterocycles. The van der Waals surface area contributed by atoms with Crippen molar-refractivity contribution in [2.24, 2.45) is 5.92 Å². The summed E-state index contributed by atoms with van der Waals surface area (Å²) in [5.41, 5.74) is 1.87. The summed E-state index contributed by atoms with van der Waals surface area (Å²) in [6.07, 6.45) is 5.35. The van der Waals surface area contributed by atoms with Crippen molar-refractivity contribution in [2.45, 2.75) is 12.8 Å². The number of carbonyl (C=O) groups excluding carboxylic acids is 2. The van der Waals surface area contributed by atoms with Crippen LogP contribution in [0.2, 0.25) is 0 Å². The van der Waals surface area contributed by atoms with E-state index in [0.29, 0.717) is 57.2 Å². The van der Waals surface area contributed by atoms with E-state index >= 15 is 0 Å². The van der Waals surface area contributed by atoms with E-state index in [-0.39, 0.29) is 17.7 Å². The monoisotopic (exact) mass is 488 g/mol. The lowest BCUT2D eigenvalue weighted by molar-refractivity contribution is -0.123. The van der Waals surface area contributed by atoms with Crippen LogP contribution in [0.3, 0.4) is 0 Å². The molecule has 0 N–H and O–H groups in total. The maximum Gasteiger partial charge on any atom is 0.263 e. The van der Waals surface area contributed by atoms with Gasteiger partial charge in [0.1, 0.15) is 13.2 Å². The number of carbonyl (C=O) groups is 2. The number of rotatable bonds is 6. The number of fused-ring (bicyclic) bond motifs is 1. The van der Waals surface area contributed by atoms with Crippen LogP contribution in [0.4, 0.5) is 5.69 Å².